The maximum absolute atomic E-state index is 10.3. The van der Waals surface area contributed by atoms with Crippen LogP contribution in [0.1, 0.15) is 0 Å². The van der Waals surface area contributed by atoms with Crippen LogP contribution in [0.25, 0.3) is 0 Å². The van der Waals surface area contributed by atoms with E-state index in [2.05, 4.69) is 9.47 Å². The van der Waals surface area contributed by atoms with E-state index in [0.29, 0.717) is 0 Å². The number of ether oxygens (including phenoxy) is 2. The van der Waals surface area contributed by atoms with Gasteiger partial charge in [-0.25, -0.2) is 4.79 Å². The van der Waals surface area contributed by atoms with Crippen LogP contribution in [0.15, 0.2) is 0 Å². The highest BCUT2D eigenvalue weighted by Gasteiger charge is 2.58. The SMILES string of the molecule is O=C1OC(O)([C@H](O)[C@H](O)[C@H](O)[C@H](O)CO)O1. The molecular formula is C7H12O9. The molecule has 1 rings (SSSR count). The lowest BCUT2D eigenvalue weighted by Gasteiger charge is -2.39. The van der Waals surface area contributed by atoms with Gasteiger partial charge in [0.1, 0.15) is 18.3 Å². The van der Waals surface area contributed by atoms with Gasteiger partial charge in [-0.3, -0.25) is 0 Å². The number of hydrogen-bond acceptors (Lipinski definition) is 9. The molecule has 9 nitrogen and oxygen atoms in total. The van der Waals surface area contributed by atoms with Gasteiger partial charge in [-0.15, -0.1) is 0 Å². The van der Waals surface area contributed by atoms with Crippen molar-refractivity contribution < 1.29 is 44.9 Å². The highest BCUT2D eigenvalue weighted by molar-refractivity contribution is 5.65. The molecule has 16 heavy (non-hydrogen) atoms. The number of carbonyl (C=O) groups is 1. The third-order valence-corrected chi connectivity index (χ3v) is 2.09. The van der Waals surface area contributed by atoms with Gasteiger partial charge in [0.05, 0.1) is 6.61 Å². The number of aliphatic hydroxyl groups is 6. The van der Waals surface area contributed by atoms with E-state index in [-0.39, 0.29) is 0 Å². The van der Waals surface area contributed by atoms with Gasteiger partial charge in [0.15, 0.2) is 6.10 Å². The van der Waals surface area contributed by atoms with E-state index in [1.54, 1.807) is 0 Å². The van der Waals surface area contributed by atoms with Crippen molar-refractivity contribution in [2.24, 2.45) is 0 Å². The molecule has 94 valence electrons. The Morgan fingerprint density at radius 1 is 1.12 bits per heavy atom. The molecule has 0 aromatic heterocycles. The molecule has 4 atom stereocenters. The molecule has 1 saturated heterocycles. The van der Waals surface area contributed by atoms with E-state index in [9.17, 15) is 25.2 Å². The molecule has 0 saturated carbocycles. The molecule has 0 spiro atoms. The fraction of sp³-hybridized carbons (Fsp3) is 0.857. The Hall–Kier alpha value is -0.970. The normalized spacial score (nSPS) is 25.8. The summed E-state index contributed by atoms with van der Waals surface area (Å²) in [6.45, 7) is -0.871. The molecule has 0 radical (unpaired) electrons. The topological polar surface area (TPSA) is 157 Å². The van der Waals surface area contributed by atoms with Gasteiger partial charge in [-0.05, 0) is 0 Å². The van der Waals surface area contributed by atoms with E-state index in [1.165, 1.54) is 0 Å². The van der Waals surface area contributed by atoms with Crippen molar-refractivity contribution in [2.45, 2.75) is 30.4 Å². The maximum Gasteiger partial charge on any atom is 0.518 e. The van der Waals surface area contributed by atoms with Gasteiger partial charge in [-0.2, -0.15) is 0 Å². The smallest absolute Gasteiger partial charge is 0.394 e. The van der Waals surface area contributed by atoms with Crippen LogP contribution >= 0.6 is 0 Å². The Balaban J connectivity index is 2.60. The summed E-state index contributed by atoms with van der Waals surface area (Å²) in [5.41, 5.74) is 0. The first kappa shape index (κ1) is 13.1. The average Bonchev–Trinajstić information content (AvgIpc) is 2.22. The average molecular weight is 240 g/mol. The Kier molecular flexibility index (Phi) is 3.68. The summed E-state index contributed by atoms with van der Waals surface area (Å²) in [5, 5.41) is 54.3. The molecule has 9 heteroatoms. The summed E-state index contributed by atoms with van der Waals surface area (Å²) in [7, 11) is 0. The second-order valence-electron chi connectivity index (χ2n) is 3.26. The van der Waals surface area contributed by atoms with Crippen LogP contribution in [0.5, 0.6) is 0 Å². The first-order valence-electron chi connectivity index (χ1n) is 4.29. The summed E-state index contributed by atoms with van der Waals surface area (Å²) < 4.78 is 8.00. The van der Waals surface area contributed by atoms with Crippen molar-refractivity contribution in [1.29, 1.82) is 0 Å². The lowest BCUT2D eigenvalue weighted by atomic mass is 10.0. The van der Waals surface area contributed by atoms with E-state index in [0.717, 1.165) is 0 Å². The van der Waals surface area contributed by atoms with Gasteiger partial charge in [0.2, 0.25) is 0 Å². The Bertz CT molecular complexity index is 259. The fourth-order valence-corrected chi connectivity index (χ4v) is 1.11. The highest BCUT2D eigenvalue weighted by Crippen LogP contribution is 2.28. The van der Waals surface area contributed by atoms with E-state index in [1.807, 2.05) is 0 Å². The zero-order valence-corrected chi connectivity index (χ0v) is 7.92. The van der Waals surface area contributed by atoms with Crippen molar-refractivity contribution in [2.75, 3.05) is 6.61 Å². The van der Waals surface area contributed by atoms with Gasteiger partial charge < -0.3 is 40.1 Å². The molecule has 0 aromatic rings. The molecule has 1 aliphatic heterocycles. The van der Waals surface area contributed by atoms with Gasteiger partial charge >= 0.3 is 12.1 Å². The molecule has 1 aliphatic rings. The Labute approximate surface area is 89.1 Å². The van der Waals surface area contributed by atoms with Gasteiger partial charge in [-0.1, -0.05) is 0 Å². The molecule has 0 aliphatic carbocycles. The van der Waals surface area contributed by atoms with Crippen molar-refractivity contribution in [3.63, 3.8) is 0 Å². The van der Waals surface area contributed by atoms with Crippen LogP contribution in [-0.4, -0.2) is 73.8 Å². The standard InChI is InChI=1S/C7H12O9/c8-1-2(9)3(10)4(11)5(12)7(14)15-6(13)16-7/h2-5,8-12,14H,1H2/t2-,3-,4-,5-/m1/s1. The number of cyclic esters (lactones) is 2. The van der Waals surface area contributed by atoms with Crippen LogP contribution in [0.2, 0.25) is 0 Å². The zero-order valence-electron chi connectivity index (χ0n) is 7.92. The first-order chi connectivity index (χ1) is 7.31. The quantitative estimate of drug-likeness (QED) is 0.265. The fourth-order valence-electron chi connectivity index (χ4n) is 1.11. The summed E-state index contributed by atoms with van der Waals surface area (Å²) in [6.07, 6.45) is -9.22. The molecule has 0 unspecified atom stereocenters. The summed E-state index contributed by atoms with van der Waals surface area (Å²) in [6, 6.07) is 0. The molecule has 1 fully saturated rings. The lowest BCUT2D eigenvalue weighted by molar-refractivity contribution is -0.429. The number of aliphatic hydroxyl groups excluding tert-OH is 5. The van der Waals surface area contributed by atoms with E-state index in [4.69, 9.17) is 10.2 Å². The van der Waals surface area contributed by atoms with Crippen LogP contribution in [0.3, 0.4) is 0 Å². The van der Waals surface area contributed by atoms with Crippen LogP contribution in [-0.2, 0) is 9.47 Å². The minimum Gasteiger partial charge on any atom is -0.394 e. The molecule has 0 amide bonds. The van der Waals surface area contributed by atoms with Crippen LogP contribution < -0.4 is 0 Å². The van der Waals surface area contributed by atoms with E-state index >= 15 is 0 Å². The zero-order chi connectivity index (χ0) is 12.5. The van der Waals surface area contributed by atoms with Crippen molar-refractivity contribution in [3.05, 3.63) is 0 Å². The minimum absolute atomic E-state index is 0.871. The van der Waals surface area contributed by atoms with Crippen molar-refractivity contribution in [1.82, 2.24) is 0 Å². The Morgan fingerprint density at radius 3 is 2.00 bits per heavy atom. The number of rotatable bonds is 5. The maximum atomic E-state index is 10.3. The summed E-state index contributed by atoms with van der Waals surface area (Å²) >= 11 is 0. The lowest BCUT2D eigenvalue weighted by Crippen LogP contribution is -2.64. The Morgan fingerprint density at radius 2 is 1.62 bits per heavy atom. The largest absolute Gasteiger partial charge is 0.518 e. The number of hydrogen-bond donors (Lipinski definition) is 6. The van der Waals surface area contributed by atoms with Crippen molar-refractivity contribution >= 4 is 6.16 Å². The monoisotopic (exact) mass is 240 g/mol. The summed E-state index contributed by atoms with van der Waals surface area (Å²) in [5.74, 6) is -2.76. The highest BCUT2D eigenvalue weighted by atomic mass is 17.0. The second-order valence-corrected chi connectivity index (χ2v) is 3.26. The third kappa shape index (κ3) is 2.24. The predicted molar refractivity (Wildman–Crippen MR) is 43.6 cm³/mol. The third-order valence-electron chi connectivity index (χ3n) is 2.09. The first-order valence-corrected chi connectivity index (χ1v) is 4.29. The molecule has 6 N–H and O–H groups in total. The molecule has 0 aromatic carbocycles. The number of carbonyl (C=O) groups excluding carboxylic acids is 1. The summed E-state index contributed by atoms with van der Waals surface area (Å²) in [4.78, 5) is 10.3. The predicted octanol–water partition coefficient (Wildman–Crippen LogP) is -3.76. The minimum atomic E-state index is -2.76. The second kappa shape index (κ2) is 4.49. The molecular weight excluding hydrogens is 228 g/mol. The van der Waals surface area contributed by atoms with Gasteiger partial charge in [0, 0.05) is 0 Å². The van der Waals surface area contributed by atoms with Crippen molar-refractivity contribution in [3.8, 4) is 0 Å². The molecule has 1 heterocycles. The molecule has 0 bridgehead atoms. The van der Waals surface area contributed by atoms with Gasteiger partial charge in [0.25, 0.3) is 0 Å². The van der Waals surface area contributed by atoms with Crippen LogP contribution in [0.4, 0.5) is 4.79 Å². The van der Waals surface area contributed by atoms with Crippen LogP contribution in [0, 0.1) is 0 Å². The van der Waals surface area contributed by atoms with E-state index < -0.39 is 43.2 Å².